The molecule has 1 saturated heterocycles. The summed E-state index contributed by atoms with van der Waals surface area (Å²) in [5.74, 6) is 0. The third-order valence-corrected chi connectivity index (χ3v) is 3.20. The van der Waals surface area contributed by atoms with Gasteiger partial charge in [0.2, 0.25) is 0 Å². The van der Waals surface area contributed by atoms with E-state index in [0.29, 0.717) is 0 Å². The molecular formula is C13H28N5+. The summed E-state index contributed by atoms with van der Waals surface area (Å²) in [6.45, 7) is 6.57. The molecule has 0 radical (unpaired) electrons. The zero-order valence-corrected chi connectivity index (χ0v) is 11.9. The Balaban J connectivity index is 0. The molecule has 0 unspecified atom stereocenters. The molecule has 1 fully saturated rings. The fourth-order valence-corrected chi connectivity index (χ4v) is 2.22. The third kappa shape index (κ3) is 12.6. The first-order valence-electron chi connectivity index (χ1n) is 6.63. The van der Waals surface area contributed by atoms with E-state index in [9.17, 15) is 0 Å². The second-order valence-corrected chi connectivity index (χ2v) is 4.82. The van der Waals surface area contributed by atoms with Crippen LogP contribution in [-0.2, 0) is 0 Å². The maximum absolute atomic E-state index is 7.10. The Bertz CT molecular complexity index is 231. The van der Waals surface area contributed by atoms with E-state index in [1.54, 1.807) is 0 Å². The van der Waals surface area contributed by atoms with Gasteiger partial charge in [-0.3, -0.25) is 0 Å². The second-order valence-electron chi connectivity index (χ2n) is 4.82. The second kappa shape index (κ2) is 13.6. The quantitative estimate of drug-likeness (QED) is 0.454. The normalized spacial score (nSPS) is 16.4. The van der Waals surface area contributed by atoms with Crippen LogP contribution >= 0.6 is 0 Å². The Morgan fingerprint density at radius 1 is 1.00 bits per heavy atom. The number of nitriles is 2. The number of hydrogen-bond acceptors (Lipinski definition) is 4. The van der Waals surface area contributed by atoms with Crippen LogP contribution in [0.3, 0.4) is 0 Å². The monoisotopic (exact) mass is 254 g/mol. The van der Waals surface area contributed by atoms with Crippen molar-refractivity contribution >= 4 is 0 Å². The van der Waals surface area contributed by atoms with E-state index >= 15 is 0 Å². The molecule has 0 amide bonds. The van der Waals surface area contributed by atoms with Crippen LogP contribution in [-0.4, -0.2) is 31.2 Å². The molecule has 1 rings (SSSR count). The van der Waals surface area contributed by atoms with Crippen molar-refractivity contribution < 1.29 is 4.48 Å². The highest BCUT2D eigenvalue weighted by molar-refractivity contribution is 4.51. The van der Waals surface area contributed by atoms with E-state index in [1.807, 2.05) is 0 Å². The Hall–Kier alpha value is -1.46. The van der Waals surface area contributed by atoms with Gasteiger partial charge in [-0.25, -0.2) is 0 Å². The largest absolute Gasteiger partial charge is 0.337 e. The summed E-state index contributed by atoms with van der Waals surface area (Å²) in [6.07, 6.45) is 11.1. The molecule has 0 spiro atoms. The van der Waals surface area contributed by atoms with Crippen LogP contribution in [0, 0.1) is 22.9 Å². The van der Waals surface area contributed by atoms with E-state index in [4.69, 9.17) is 10.5 Å². The lowest BCUT2D eigenvalue weighted by Crippen LogP contribution is -2.45. The van der Waals surface area contributed by atoms with Crippen LogP contribution < -0.4 is 11.5 Å². The molecule has 1 aliphatic heterocycles. The lowest BCUT2D eigenvalue weighted by molar-refractivity contribution is -0.909. The van der Waals surface area contributed by atoms with Crippen molar-refractivity contribution in [3.63, 3.8) is 0 Å². The molecule has 104 valence electrons. The number of quaternary nitrogens is 1. The van der Waals surface area contributed by atoms with Gasteiger partial charge in [-0.2, -0.15) is 10.5 Å². The molecule has 1 heterocycles. The standard InChI is InChI=1S/C11H24N.2CH2N2/c1-3-4-9-12(2)10-7-5-6-8-11-12;2*2-1-3/h3-11H2,1-2H3;2*2H2/q+1;;. The molecule has 0 bridgehead atoms. The maximum atomic E-state index is 7.10. The zero-order valence-electron chi connectivity index (χ0n) is 11.9. The first-order chi connectivity index (χ1) is 8.60. The van der Waals surface area contributed by atoms with Gasteiger partial charge in [-0.15, -0.1) is 0 Å². The van der Waals surface area contributed by atoms with Gasteiger partial charge in [0.1, 0.15) is 0 Å². The SMILES string of the molecule is CCCC[N+]1(C)CCCCCC1.N#CN.N#CN. The van der Waals surface area contributed by atoms with Gasteiger partial charge in [-0.1, -0.05) is 13.3 Å². The van der Waals surface area contributed by atoms with Crippen molar-refractivity contribution in [1.82, 2.24) is 0 Å². The van der Waals surface area contributed by atoms with Crippen LogP contribution in [0.25, 0.3) is 0 Å². The van der Waals surface area contributed by atoms with Crippen molar-refractivity contribution in [3.8, 4) is 12.4 Å². The summed E-state index contributed by atoms with van der Waals surface area (Å²) >= 11 is 0. The Morgan fingerprint density at radius 3 is 1.72 bits per heavy atom. The topological polar surface area (TPSA) is 99.6 Å². The summed E-state index contributed by atoms with van der Waals surface area (Å²) in [4.78, 5) is 0. The molecule has 0 aliphatic carbocycles. The van der Waals surface area contributed by atoms with Gasteiger partial charge < -0.3 is 16.0 Å². The van der Waals surface area contributed by atoms with Crippen molar-refractivity contribution in [1.29, 1.82) is 10.5 Å². The van der Waals surface area contributed by atoms with Gasteiger partial charge in [-0.05, 0) is 32.1 Å². The molecule has 4 N–H and O–H groups in total. The highest BCUT2D eigenvalue weighted by Gasteiger charge is 2.21. The predicted octanol–water partition coefficient (Wildman–Crippen LogP) is 1.66. The Labute approximate surface area is 112 Å². The van der Waals surface area contributed by atoms with Crippen molar-refractivity contribution in [2.24, 2.45) is 11.5 Å². The van der Waals surface area contributed by atoms with Gasteiger partial charge >= 0.3 is 0 Å². The lowest BCUT2D eigenvalue weighted by atomic mass is 10.2. The summed E-state index contributed by atoms with van der Waals surface area (Å²) in [6, 6.07) is 0. The summed E-state index contributed by atoms with van der Waals surface area (Å²) in [5, 5.41) is 14.2. The minimum atomic E-state index is 1.25. The van der Waals surface area contributed by atoms with Crippen LogP contribution in [0.15, 0.2) is 0 Å². The number of rotatable bonds is 3. The lowest BCUT2D eigenvalue weighted by Gasteiger charge is -2.33. The minimum Gasteiger partial charge on any atom is -0.337 e. The first-order valence-corrected chi connectivity index (χ1v) is 6.63. The Kier molecular flexibility index (Phi) is 14.3. The molecule has 0 aromatic carbocycles. The van der Waals surface area contributed by atoms with Gasteiger partial charge in [0.15, 0.2) is 12.4 Å². The van der Waals surface area contributed by atoms with Crippen LogP contribution in [0.4, 0.5) is 0 Å². The third-order valence-electron chi connectivity index (χ3n) is 3.20. The molecule has 0 aromatic heterocycles. The average Bonchev–Trinajstić information content (AvgIpc) is 2.54. The molecule has 18 heavy (non-hydrogen) atoms. The summed E-state index contributed by atoms with van der Waals surface area (Å²) < 4.78 is 1.36. The molecular weight excluding hydrogens is 226 g/mol. The van der Waals surface area contributed by atoms with Crippen LogP contribution in [0.2, 0.25) is 0 Å². The molecule has 0 atom stereocenters. The van der Waals surface area contributed by atoms with Gasteiger partial charge in [0.25, 0.3) is 0 Å². The summed E-state index contributed by atoms with van der Waals surface area (Å²) in [5.41, 5.74) is 8.31. The van der Waals surface area contributed by atoms with E-state index in [2.05, 4.69) is 25.4 Å². The number of unbranched alkanes of at least 4 members (excludes halogenated alkanes) is 1. The first kappa shape index (κ1) is 18.9. The van der Waals surface area contributed by atoms with Crippen LogP contribution in [0.1, 0.15) is 45.4 Å². The van der Waals surface area contributed by atoms with E-state index < -0.39 is 0 Å². The number of nitrogens with zero attached hydrogens (tertiary/aromatic N) is 3. The van der Waals surface area contributed by atoms with Crippen molar-refractivity contribution in [3.05, 3.63) is 0 Å². The zero-order chi connectivity index (χ0) is 14.3. The van der Waals surface area contributed by atoms with Gasteiger partial charge in [0.05, 0.1) is 26.7 Å². The summed E-state index contributed by atoms with van der Waals surface area (Å²) in [7, 11) is 2.45. The fourth-order valence-electron chi connectivity index (χ4n) is 2.22. The molecule has 5 heteroatoms. The molecule has 5 nitrogen and oxygen atoms in total. The molecule has 0 saturated carbocycles. The van der Waals surface area contributed by atoms with Crippen molar-refractivity contribution in [2.45, 2.75) is 45.4 Å². The fraction of sp³-hybridized carbons (Fsp3) is 0.846. The minimum absolute atomic E-state index is 1.25. The maximum Gasteiger partial charge on any atom is 0.173 e. The number of hydrogen-bond donors (Lipinski definition) is 2. The number of likely N-dealkylation sites (tertiary alicyclic amines) is 1. The Morgan fingerprint density at radius 2 is 1.39 bits per heavy atom. The van der Waals surface area contributed by atoms with E-state index in [1.165, 1.54) is 75.0 Å². The predicted molar refractivity (Wildman–Crippen MR) is 73.8 cm³/mol. The highest BCUT2D eigenvalue weighted by atomic mass is 15.3. The molecule has 0 aromatic rings. The van der Waals surface area contributed by atoms with Crippen molar-refractivity contribution in [2.75, 3.05) is 26.7 Å². The van der Waals surface area contributed by atoms with E-state index in [-0.39, 0.29) is 0 Å². The highest BCUT2D eigenvalue weighted by Crippen LogP contribution is 2.16. The molecule has 1 aliphatic rings. The average molecular weight is 254 g/mol. The van der Waals surface area contributed by atoms with Crippen LogP contribution in [0.5, 0.6) is 0 Å². The van der Waals surface area contributed by atoms with E-state index in [0.717, 1.165) is 0 Å². The van der Waals surface area contributed by atoms with Gasteiger partial charge in [0, 0.05) is 0 Å². The number of nitrogens with two attached hydrogens (primary N) is 2. The smallest absolute Gasteiger partial charge is 0.173 e.